The number of amides is 1. The molecular weight excluding hydrogens is 470 g/mol. The number of nitrogens with zero attached hydrogens (tertiary/aromatic N) is 6. The van der Waals surface area contributed by atoms with Gasteiger partial charge in [0.2, 0.25) is 0 Å². The van der Waals surface area contributed by atoms with E-state index < -0.39 is 6.04 Å². The number of hydrogen-bond donors (Lipinski definition) is 1. The lowest BCUT2D eigenvalue weighted by atomic mass is 9.95. The maximum atomic E-state index is 13.5. The number of pyridine rings is 1. The van der Waals surface area contributed by atoms with E-state index in [2.05, 4.69) is 25.4 Å². The van der Waals surface area contributed by atoms with Gasteiger partial charge in [0.15, 0.2) is 11.6 Å². The van der Waals surface area contributed by atoms with Gasteiger partial charge in [-0.2, -0.15) is 0 Å². The maximum Gasteiger partial charge on any atom is 0.289 e. The number of aromatic nitrogens is 5. The van der Waals surface area contributed by atoms with E-state index in [4.69, 9.17) is 4.42 Å². The van der Waals surface area contributed by atoms with Crippen LogP contribution in [0.15, 0.2) is 51.9 Å². The summed E-state index contributed by atoms with van der Waals surface area (Å²) in [4.78, 5) is 33.5. The number of rotatable bonds is 5. The number of aromatic amines is 1. The van der Waals surface area contributed by atoms with Crippen LogP contribution < -0.4 is 5.56 Å². The molecule has 37 heavy (non-hydrogen) atoms. The van der Waals surface area contributed by atoms with E-state index in [1.54, 1.807) is 17.0 Å². The van der Waals surface area contributed by atoms with Gasteiger partial charge in [-0.05, 0) is 65.4 Å². The Labute approximate surface area is 214 Å². The van der Waals surface area contributed by atoms with Crippen molar-refractivity contribution < 1.29 is 9.21 Å². The number of piperazine rings is 1. The minimum atomic E-state index is -0.424. The van der Waals surface area contributed by atoms with Crippen LogP contribution in [-0.2, 0) is 0 Å². The Morgan fingerprint density at radius 1 is 1.08 bits per heavy atom. The van der Waals surface area contributed by atoms with E-state index in [1.807, 2.05) is 35.9 Å². The smallest absolute Gasteiger partial charge is 0.289 e. The number of aryl methyl sites for hydroxylation is 1. The van der Waals surface area contributed by atoms with Gasteiger partial charge >= 0.3 is 0 Å². The Kier molecular flexibility index (Phi) is 6.33. The quantitative estimate of drug-likeness (QED) is 0.445. The summed E-state index contributed by atoms with van der Waals surface area (Å²) in [6, 6.07) is 11.2. The number of H-pyrrole nitrogens is 1. The van der Waals surface area contributed by atoms with Crippen LogP contribution in [0.1, 0.15) is 71.7 Å². The second kappa shape index (κ2) is 9.93. The van der Waals surface area contributed by atoms with Crippen molar-refractivity contribution in [2.24, 2.45) is 0 Å². The molecule has 10 heteroatoms. The van der Waals surface area contributed by atoms with E-state index in [-0.39, 0.29) is 17.5 Å². The molecule has 4 heterocycles. The Morgan fingerprint density at radius 2 is 1.89 bits per heavy atom. The Balaban J connectivity index is 1.37. The number of hydrogen-bond acceptors (Lipinski definition) is 7. The minimum absolute atomic E-state index is 0.118. The highest BCUT2D eigenvalue weighted by Crippen LogP contribution is 2.33. The zero-order valence-corrected chi connectivity index (χ0v) is 21.0. The van der Waals surface area contributed by atoms with Gasteiger partial charge in [-0.25, -0.2) is 4.68 Å². The first-order valence-electron chi connectivity index (χ1n) is 13.1. The molecule has 2 fully saturated rings. The predicted octanol–water partition coefficient (Wildman–Crippen LogP) is 3.47. The second-order valence-electron chi connectivity index (χ2n) is 10.1. The molecule has 192 valence electrons. The third-order valence-electron chi connectivity index (χ3n) is 7.71. The number of tetrazole rings is 1. The standard InChI is InChI=1S/C27H31N7O3/c1-18-9-10-19-17-21(26(35)28-22(19)16-18)24(25-29-30-31-34(25)20-6-3-2-4-7-20)32-11-13-33(14-12-32)27(36)23-8-5-15-37-23/h5,8-10,15-17,20,24H,2-4,6-7,11-14H2,1H3,(H,28,35)/t24-/m1/s1. The molecule has 0 unspecified atom stereocenters. The molecule has 0 radical (unpaired) electrons. The van der Waals surface area contributed by atoms with Crippen molar-refractivity contribution in [2.75, 3.05) is 26.2 Å². The Morgan fingerprint density at radius 3 is 2.65 bits per heavy atom. The molecule has 1 N–H and O–H groups in total. The molecule has 0 spiro atoms. The summed E-state index contributed by atoms with van der Waals surface area (Å²) in [7, 11) is 0. The van der Waals surface area contributed by atoms with Gasteiger partial charge in [0.25, 0.3) is 11.5 Å². The van der Waals surface area contributed by atoms with Gasteiger partial charge in [0.05, 0.1) is 12.3 Å². The lowest BCUT2D eigenvalue weighted by Gasteiger charge is -2.38. The third-order valence-corrected chi connectivity index (χ3v) is 7.71. The van der Waals surface area contributed by atoms with Gasteiger partial charge in [-0.15, -0.1) is 5.10 Å². The van der Waals surface area contributed by atoms with E-state index in [0.29, 0.717) is 43.3 Å². The number of benzene rings is 1. The lowest BCUT2D eigenvalue weighted by Crippen LogP contribution is -2.51. The Bertz CT molecular complexity index is 1440. The van der Waals surface area contributed by atoms with E-state index in [9.17, 15) is 9.59 Å². The average molecular weight is 502 g/mol. The number of furan rings is 1. The van der Waals surface area contributed by atoms with Crippen molar-refractivity contribution in [2.45, 2.75) is 51.1 Å². The first-order valence-corrected chi connectivity index (χ1v) is 13.1. The first-order chi connectivity index (χ1) is 18.1. The summed E-state index contributed by atoms with van der Waals surface area (Å²) < 4.78 is 7.27. The summed E-state index contributed by atoms with van der Waals surface area (Å²) in [6.07, 6.45) is 7.11. The van der Waals surface area contributed by atoms with Gasteiger partial charge in [0.1, 0.15) is 6.04 Å². The molecule has 1 aliphatic heterocycles. The summed E-state index contributed by atoms with van der Waals surface area (Å²) in [5.74, 6) is 0.911. The molecular formula is C27H31N7O3. The third kappa shape index (κ3) is 4.57. The van der Waals surface area contributed by atoms with Crippen molar-refractivity contribution in [1.82, 2.24) is 35.0 Å². The van der Waals surface area contributed by atoms with Crippen molar-refractivity contribution in [3.63, 3.8) is 0 Å². The van der Waals surface area contributed by atoms with E-state index in [1.165, 1.54) is 12.7 Å². The van der Waals surface area contributed by atoms with Crippen LogP contribution >= 0.6 is 0 Å². The normalized spacial score (nSPS) is 18.4. The molecule has 4 aromatic rings. The molecule has 1 saturated carbocycles. The second-order valence-corrected chi connectivity index (χ2v) is 10.1. The van der Waals surface area contributed by atoms with Crippen molar-refractivity contribution >= 4 is 16.8 Å². The van der Waals surface area contributed by atoms with Gasteiger partial charge in [-0.3, -0.25) is 14.5 Å². The molecule has 1 aromatic carbocycles. The van der Waals surface area contributed by atoms with Crippen molar-refractivity contribution in [1.29, 1.82) is 0 Å². The van der Waals surface area contributed by atoms with Crippen LogP contribution in [-0.4, -0.2) is 67.1 Å². The highest BCUT2D eigenvalue weighted by atomic mass is 16.3. The largest absolute Gasteiger partial charge is 0.459 e. The molecule has 10 nitrogen and oxygen atoms in total. The topological polar surface area (TPSA) is 113 Å². The van der Waals surface area contributed by atoms with Crippen molar-refractivity contribution in [3.8, 4) is 0 Å². The average Bonchev–Trinajstić information content (AvgIpc) is 3.63. The zero-order valence-electron chi connectivity index (χ0n) is 21.0. The fourth-order valence-electron chi connectivity index (χ4n) is 5.74. The molecule has 1 aliphatic carbocycles. The molecule has 1 amide bonds. The number of carbonyl (C=O) groups is 1. The molecule has 3 aromatic heterocycles. The highest BCUT2D eigenvalue weighted by Gasteiger charge is 2.35. The summed E-state index contributed by atoms with van der Waals surface area (Å²) in [6.45, 7) is 4.22. The van der Waals surface area contributed by atoms with Gasteiger partial charge < -0.3 is 14.3 Å². The molecule has 6 rings (SSSR count). The lowest BCUT2D eigenvalue weighted by molar-refractivity contribution is 0.0556. The molecule has 1 saturated heterocycles. The highest BCUT2D eigenvalue weighted by molar-refractivity contribution is 5.91. The van der Waals surface area contributed by atoms with Crippen LogP contribution in [0.25, 0.3) is 10.9 Å². The molecule has 1 atom stereocenters. The summed E-state index contributed by atoms with van der Waals surface area (Å²) in [5, 5.41) is 13.9. The molecule has 0 bridgehead atoms. The number of carbonyl (C=O) groups excluding carboxylic acids is 1. The summed E-state index contributed by atoms with van der Waals surface area (Å²) >= 11 is 0. The zero-order chi connectivity index (χ0) is 25.4. The molecule has 2 aliphatic rings. The number of nitrogens with one attached hydrogen (secondary N) is 1. The fourth-order valence-corrected chi connectivity index (χ4v) is 5.74. The minimum Gasteiger partial charge on any atom is -0.459 e. The van der Waals surface area contributed by atoms with E-state index in [0.717, 1.165) is 42.1 Å². The van der Waals surface area contributed by atoms with Gasteiger partial charge in [0, 0.05) is 37.3 Å². The first kappa shape index (κ1) is 23.6. The predicted molar refractivity (Wildman–Crippen MR) is 137 cm³/mol. The maximum absolute atomic E-state index is 13.5. The SMILES string of the molecule is Cc1ccc2cc([C@H](c3nnnn3C3CCCCC3)N3CCN(C(=O)c4ccco4)CC3)c(=O)[nH]c2c1. The van der Waals surface area contributed by atoms with E-state index >= 15 is 0 Å². The summed E-state index contributed by atoms with van der Waals surface area (Å²) in [5.41, 5.74) is 2.38. The van der Waals surface area contributed by atoms with Crippen LogP contribution in [0.2, 0.25) is 0 Å². The Hall–Kier alpha value is -3.79. The van der Waals surface area contributed by atoms with Crippen LogP contribution in [0, 0.1) is 6.92 Å². The van der Waals surface area contributed by atoms with Crippen molar-refractivity contribution in [3.05, 3.63) is 75.7 Å². The van der Waals surface area contributed by atoms with Crippen LogP contribution in [0.5, 0.6) is 0 Å². The van der Waals surface area contributed by atoms with Crippen LogP contribution in [0.4, 0.5) is 0 Å². The van der Waals surface area contributed by atoms with Gasteiger partial charge in [-0.1, -0.05) is 31.4 Å². The fraction of sp³-hybridized carbons (Fsp3) is 0.444. The van der Waals surface area contributed by atoms with Crippen LogP contribution in [0.3, 0.4) is 0 Å². The monoisotopic (exact) mass is 501 g/mol. The number of fused-ring (bicyclic) bond motifs is 1.